The molecule has 3 heterocycles. The third-order valence-electron chi connectivity index (χ3n) is 3.22. The van der Waals surface area contributed by atoms with Crippen molar-refractivity contribution in [2.24, 2.45) is 11.1 Å². The highest BCUT2D eigenvalue weighted by Gasteiger charge is 2.35. The third-order valence-corrected chi connectivity index (χ3v) is 3.22. The molecule has 0 N–H and O–H groups in total. The molecule has 3 aliphatic heterocycles. The van der Waals surface area contributed by atoms with Crippen LogP contribution in [0.5, 0.6) is 0 Å². The molecule has 0 saturated carbocycles. The van der Waals surface area contributed by atoms with Gasteiger partial charge in [-0.2, -0.15) is 0 Å². The minimum Gasteiger partial charge on any atom is -0.474 e. The van der Waals surface area contributed by atoms with E-state index >= 15 is 0 Å². The van der Waals surface area contributed by atoms with Crippen molar-refractivity contribution in [3.63, 3.8) is 0 Å². The van der Waals surface area contributed by atoms with Crippen LogP contribution in [0.2, 0.25) is 0 Å². The summed E-state index contributed by atoms with van der Waals surface area (Å²) in [6.45, 7) is 6.39. The number of hydrogen-bond acceptors (Lipinski definition) is 5. The molecule has 3 aliphatic rings. The van der Waals surface area contributed by atoms with Gasteiger partial charge in [0.05, 0.1) is 0 Å². The molecule has 0 amide bonds. The first-order valence-corrected chi connectivity index (χ1v) is 5.76. The van der Waals surface area contributed by atoms with Crippen LogP contribution in [-0.4, -0.2) is 42.5 Å². The number of rotatable bonds is 2. The molecule has 0 aliphatic carbocycles. The maximum Gasteiger partial charge on any atom is 0.332 e. The van der Waals surface area contributed by atoms with E-state index in [2.05, 4.69) is 14.9 Å². The molecule has 1 atom stereocenters. The second-order valence-electron chi connectivity index (χ2n) is 4.49. The highest BCUT2D eigenvalue weighted by Crippen LogP contribution is 2.29. The number of ether oxygens (including phenoxy) is 1. The zero-order valence-corrected chi connectivity index (χ0v) is 9.81. The molecule has 5 heteroatoms. The van der Waals surface area contributed by atoms with Gasteiger partial charge >= 0.3 is 5.97 Å². The van der Waals surface area contributed by atoms with Crippen LogP contribution in [0, 0.1) is 5.92 Å². The Bertz CT molecular complexity index is 296. The zero-order chi connectivity index (χ0) is 11.5. The Hall–Kier alpha value is -1.10. The Morgan fingerprint density at radius 2 is 2.00 bits per heavy atom. The van der Waals surface area contributed by atoms with E-state index < -0.39 is 5.97 Å². The molecule has 5 nitrogen and oxygen atoms in total. The fraction of sp³-hybridized carbons (Fsp3) is 0.818. The number of carbonyl (C=O) groups is 1. The molecule has 3 fully saturated rings. The molecule has 1 unspecified atom stereocenters. The molecule has 0 aromatic rings. The average Bonchev–Trinajstić information content (AvgIpc) is 2.28. The van der Waals surface area contributed by atoms with E-state index in [9.17, 15) is 4.79 Å². The fourth-order valence-electron chi connectivity index (χ4n) is 2.41. The van der Waals surface area contributed by atoms with Crippen molar-refractivity contribution < 1.29 is 14.4 Å². The topological polar surface area (TPSA) is 51.1 Å². The van der Waals surface area contributed by atoms with E-state index in [-0.39, 0.29) is 6.10 Å². The van der Waals surface area contributed by atoms with Crippen LogP contribution < -0.4 is 0 Å². The normalized spacial score (nSPS) is 33.6. The standard InChI is InChI=1S/C11H18N2O3/c1-8(12-16-9(2)14)15-11-7-13-5-3-10(11)4-6-13/h10-11H,3-7H2,1-2H3/b12-8-. The predicted molar refractivity (Wildman–Crippen MR) is 58.9 cm³/mol. The van der Waals surface area contributed by atoms with Gasteiger partial charge in [0.1, 0.15) is 6.10 Å². The van der Waals surface area contributed by atoms with Crippen molar-refractivity contribution in [1.82, 2.24) is 4.90 Å². The van der Waals surface area contributed by atoms with E-state index in [0.29, 0.717) is 11.8 Å². The monoisotopic (exact) mass is 226 g/mol. The largest absolute Gasteiger partial charge is 0.474 e. The van der Waals surface area contributed by atoms with Gasteiger partial charge in [-0.3, -0.25) is 4.90 Å². The Kier molecular flexibility index (Phi) is 3.43. The van der Waals surface area contributed by atoms with E-state index in [1.54, 1.807) is 6.92 Å². The molecule has 90 valence electrons. The highest BCUT2D eigenvalue weighted by molar-refractivity contribution is 5.74. The molecule has 0 radical (unpaired) electrons. The van der Waals surface area contributed by atoms with Crippen LogP contribution in [0.1, 0.15) is 26.7 Å². The van der Waals surface area contributed by atoms with Gasteiger partial charge in [-0.25, -0.2) is 4.79 Å². The molecule has 3 saturated heterocycles. The minimum absolute atomic E-state index is 0.210. The van der Waals surface area contributed by atoms with E-state index in [1.165, 1.54) is 32.9 Å². The van der Waals surface area contributed by atoms with Crippen LogP contribution in [0.4, 0.5) is 0 Å². The summed E-state index contributed by atoms with van der Waals surface area (Å²) in [5.41, 5.74) is 0. The average molecular weight is 226 g/mol. The molecule has 0 aromatic heterocycles. The minimum atomic E-state index is -0.420. The maximum absolute atomic E-state index is 10.6. The first kappa shape index (κ1) is 11.4. The van der Waals surface area contributed by atoms with Crippen LogP contribution in [0.15, 0.2) is 5.16 Å². The van der Waals surface area contributed by atoms with Gasteiger partial charge in [-0.15, -0.1) is 0 Å². The summed E-state index contributed by atoms with van der Waals surface area (Å²) < 4.78 is 5.71. The van der Waals surface area contributed by atoms with Gasteiger partial charge < -0.3 is 9.57 Å². The van der Waals surface area contributed by atoms with E-state index in [1.807, 2.05) is 0 Å². The molecule has 0 aromatic carbocycles. The van der Waals surface area contributed by atoms with Crippen molar-refractivity contribution >= 4 is 11.9 Å². The molecular weight excluding hydrogens is 208 g/mol. The van der Waals surface area contributed by atoms with Crippen LogP contribution in [0.25, 0.3) is 0 Å². The Balaban J connectivity index is 1.85. The lowest BCUT2D eigenvalue weighted by molar-refractivity contribution is -0.141. The Labute approximate surface area is 95.4 Å². The van der Waals surface area contributed by atoms with E-state index in [4.69, 9.17) is 4.74 Å². The maximum atomic E-state index is 10.6. The number of piperidine rings is 3. The van der Waals surface area contributed by atoms with Crippen molar-refractivity contribution in [3.8, 4) is 0 Å². The summed E-state index contributed by atoms with van der Waals surface area (Å²) in [7, 11) is 0. The van der Waals surface area contributed by atoms with Crippen LogP contribution >= 0.6 is 0 Å². The van der Waals surface area contributed by atoms with E-state index in [0.717, 1.165) is 6.54 Å². The zero-order valence-electron chi connectivity index (χ0n) is 9.81. The molecule has 0 spiro atoms. The SMILES string of the molecule is CC(=O)O/N=C(/C)OC1CN2CCC1CC2. The number of oxime groups is 1. The van der Waals surface area contributed by atoms with Crippen LogP contribution in [0.3, 0.4) is 0 Å². The predicted octanol–water partition coefficient (Wildman–Crippen LogP) is 0.994. The molecule has 3 rings (SSSR count). The Morgan fingerprint density at radius 1 is 1.31 bits per heavy atom. The fourth-order valence-corrected chi connectivity index (χ4v) is 2.41. The van der Waals surface area contributed by atoms with Crippen LogP contribution in [-0.2, 0) is 14.4 Å². The van der Waals surface area contributed by atoms with Crippen molar-refractivity contribution in [2.45, 2.75) is 32.8 Å². The van der Waals surface area contributed by atoms with Gasteiger partial charge in [-0.05, 0) is 37.0 Å². The summed E-state index contributed by atoms with van der Waals surface area (Å²) >= 11 is 0. The number of nitrogens with zero attached hydrogens (tertiary/aromatic N) is 2. The molecule has 16 heavy (non-hydrogen) atoms. The lowest BCUT2D eigenvalue weighted by Crippen LogP contribution is -2.51. The number of hydrogen-bond donors (Lipinski definition) is 0. The van der Waals surface area contributed by atoms with Gasteiger partial charge in [0.15, 0.2) is 0 Å². The second kappa shape index (κ2) is 4.82. The first-order valence-electron chi connectivity index (χ1n) is 5.76. The van der Waals surface area contributed by atoms with Crippen molar-refractivity contribution in [1.29, 1.82) is 0 Å². The smallest absolute Gasteiger partial charge is 0.332 e. The molecule has 2 bridgehead atoms. The van der Waals surface area contributed by atoms with Crippen molar-refractivity contribution in [2.75, 3.05) is 19.6 Å². The lowest BCUT2D eigenvalue weighted by Gasteiger charge is -2.44. The summed E-state index contributed by atoms with van der Waals surface area (Å²) in [6.07, 6.45) is 2.61. The van der Waals surface area contributed by atoms with Gasteiger partial charge in [0, 0.05) is 20.4 Å². The summed E-state index contributed by atoms with van der Waals surface area (Å²) in [4.78, 5) is 17.5. The third kappa shape index (κ3) is 2.72. The number of fused-ring (bicyclic) bond motifs is 3. The summed E-state index contributed by atoms with van der Waals surface area (Å²) in [5, 5.41) is 3.63. The summed E-state index contributed by atoms with van der Waals surface area (Å²) in [5.74, 6) is 0.651. The Morgan fingerprint density at radius 3 is 2.50 bits per heavy atom. The molecular formula is C11H18N2O3. The quantitative estimate of drug-likeness (QED) is 0.305. The number of carbonyl (C=O) groups excluding carboxylic acids is 1. The second-order valence-corrected chi connectivity index (χ2v) is 4.49. The first-order chi connectivity index (χ1) is 7.65. The lowest BCUT2D eigenvalue weighted by atomic mass is 9.86. The summed E-state index contributed by atoms with van der Waals surface area (Å²) in [6, 6.07) is 0. The van der Waals surface area contributed by atoms with Gasteiger partial charge in [-0.1, -0.05) is 0 Å². The van der Waals surface area contributed by atoms with Gasteiger partial charge in [0.2, 0.25) is 5.90 Å². The van der Waals surface area contributed by atoms with Gasteiger partial charge in [0.25, 0.3) is 0 Å². The van der Waals surface area contributed by atoms with Crippen molar-refractivity contribution in [3.05, 3.63) is 0 Å². The highest BCUT2D eigenvalue weighted by atomic mass is 16.7.